The molecule has 3 aliphatic heterocycles. The zero-order chi connectivity index (χ0) is 22.0. The zero-order valence-electron chi connectivity index (χ0n) is 16.8. The van der Waals surface area contributed by atoms with Gasteiger partial charge in [0.05, 0.1) is 17.5 Å². The van der Waals surface area contributed by atoms with Gasteiger partial charge in [-0.2, -0.15) is 0 Å². The lowest BCUT2D eigenvalue weighted by atomic mass is 9.76. The third-order valence-electron chi connectivity index (χ3n) is 6.76. The van der Waals surface area contributed by atoms with Gasteiger partial charge in [0.2, 0.25) is 17.7 Å². The molecule has 0 aliphatic carbocycles. The second-order valence-electron chi connectivity index (χ2n) is 8.33. The molecule has 4 atom stereocenters. The largest absolute Gasteiger partial charge is 0.324 e. The van der Waals surface area contributed by atoms with Crippen molar-refractivity contribution in [2.75, 3.05) is 10.2 Å². The fourth-order valence-corrected chi connectivity index (χ4v) is 5.56. The maximum absolute atomic E-state index is 13.8. The SMILES string of the molecule is O=C1[C@H]2[C@@H](C(=O)N1c1ccc(Cl)cc1)[C@@]1(N[C@H]2c2ccccc2)C(=O)Nc2ccccc21. The number of hydrogen-bond donors (Lipinski definition) is 2. The van der Waals surface area contributed by atoms with Gasteiger partial charge in [-0.15, -0.1) is 0 Å². The maximum Gasteiger partial charge on any atom is 0.250 e. The van der Waals surface area contributed by atoms with Gasteiger partial charge in [0, 0.05) is 22.3 Å². The monoisotopic (exact) mass is 443 g/mol. The van der Waals surface area contributed by atoms with Crippen LogP contribution in [0.5, 0.6) is 0 Å². The molecule has 3 amide bonds. The van der Waals surface area contributed by atoms with Crippen molar-refractivity contribution in [1.29, 1.82) is 0 Å². The number of imide groups is 1. The van der Waals surface area contributed by atoms with Gasteiger partial charge >= 0.3 is 0 Å². The van der Waals surface area contributed by atoms with Crippen molar-refractivity contribution in [3.63, 3.8) is 0 Å². The molecule has 6 nitrogen and oxygen atoms in total. The van der Waals surface area contributed by atoms with Crippen LogP contribution in [0.3, 0.4) is 0 Å². The summed E-state index contributed by atoms with van der Waals surface area (Å²) in [5, 5.41) is 6.85. The second-order valence-corrected chi connectivity index (χ2v) is 8.77. The Hall–Kier alpha value is -3.48. The summed E-state index contributed by atoms with van der Waals surface area (Å²) in [6.07, 6.45) is 0. The van der Waals surface area contributed by atoms with Gasteiger partial charge in [0.15, 0.2) is 0 Å². The number of nitrogens with one attached hydrogen (secondary N) is 2. The lowest BCUT2D eigenvalue weighted by molar-refractivity contribution is -0.130. The molecule has 32 heavy (non-hydrogen) atoms. The molecule has 6 rings (SSSR count). The third kappa shape index (κ3) is 2.42. The lowest BCUT2D eigenvalue weighted by Crippen LogP contribution is -2.52. The number of rotatable bonds is 2. The van der Waals surface area contributed by atoms with Crippen LogP contribution in [0.25, 0.3) is 0 Å². The number of anilines is 2. The van der Waals surface area contributed by atoms with Crippen molar-refractivity contribution in [1.82, 2.24) is 5.32 Å². The first-order chi connectivity index (χ1) is 15.5. The summed E-state index contributed by atoms with van der Waals surface area (Å²) in [4.78, 5) is 42.2. The van der Waals surface area contributed by atoms with E-state index in [1.54, 1.807) is 24.3 Å². The van der Waals surface area contributed by atoms with Crippen molar-refractivity contribution >= 4 is 40.7 Å². The molecule has 0 bridgehead atoms. The van der Waals surface area contributed by atoms with Crippen LogP contribution in [-0.4, -0.2) is 17.7 Å². The molecule has 2 saturated heterocycles. The van der Waals surface area contributed by atoms with E-state index in [-0.39, 0.29) is 17.7 Å². The van der Waals surface area contributed by atoms with Crippen LogP contribution in [0, 0.1) is 11.8 Å². The molecular weight excluding hydrogens is 426 g/mol. The highest BCUT2D eigenvalue weighted by Gasteiger charge is 2.70. The van der Waals surface area contributed by atoms with Crippen LogP contribution in [0.2, 0.25) is 5.02 Å². The molecule has 0 unspecified atom stereocenters. The Morgan fingerprint density at radius 3 is 2.25 bits per heavy atom. The van der Waals surface area contributed by atoms with Crippen molar-refractivity contribution in [2.24, 2.45) is 11.8 Å². The van der Waals surface area contributed by atoms with Crippen molar-refractivity contribution in [2.45, 2.75) is 11.6 Å². The highest BCUT2D eigenvalue weighted by atomic mass is 35.5. The maximum atomic E-state index is 13.8. The Morgan fingerprint density at radius 2 is 1.50 bits per heavy atom. The summed E-state index contributed by atoms with van der Waals surface area (Å²) < 4.78 is 0. The van der Waals surface area contributed by atoms with Crippen LogP contribution in [0.1, 0.15) is 17.2 Å². The standard InChI is InChI=1S/C25H18ClN3O3/c26-15-10-12-16(13-11-15)29-22(30)19-20(23(29)31)25(28-21(19)14-6-2-1-3-7-14)17-8-4-5-9-18(17)27-24(25)32/h1-13,19-21,28H,(H,27,32)/t19-,20-,21-,25+/m0/s1. The van der Waals surface area contributed by atoms with Gasteiger partial charge in [-0.1, -0.05) is 60.1 Å². The van der Waals surface area contributed by atoms with Crippen LogP contribution in [-0.2, 0) is 19.9 Å². The van der Waals surface area contributed by atoms with Gasteiger partial charge in [-0.05, 0) is 35.9 Å². The van der Waals surface area contributed by atoms with Crippen molar-refractivity contribution < 1.29 is 14.4 Å². The average molecular weight is 444 g/mol. The van der Waals surface area contributed by atoms with Gasteiger partial charge in [-0.3, -0.25) is 19.7 Å². The Bertz CT molecular complexity index is 1280. The quantitative estimate of drug-likeness (QED) is 0.593. The molecule has 7 heteroatoms. The summed E-state index contributed by atoms with van der Waals surface area (Å²) in [6, 6.07) is 22.9. The van der Waals surface area contributed by atoms with Gasteiger partial charge in [0.25, 0.3) is 0 Å². The molecular formula is C25H18ClN3O3. The van der Waals surface area contributed by atoms with Gasteiger partial charge in [0.1, 0.15) is 5.54 Å². The number of fused-ring (bicyclic) bond motifs is 4. The first-order valence-corrected chi connectivity index (χ1v) is 10.8. The van der Waals surface area contributed by atoms with Crippen molar-refractivity contribution in [3.8, 4) is 0 Å². The van der Waals surface area contributed by atoms with E-state index in [9.17, 15) is 14.4 Å². The molecule has 0 aromatic heterocycles. The summed E-state index contributed by atoms with van der Waals surface area (Å²) >= 11 is 6.01. The zero-order valence-corrected chi connectivity index (χ0v) is 17.5. The van der Waals surface area contributed by atoms with E-state index in [0.717, 1.165) is 5.56 Å². The number of hydrogen-bond acceptors (Lipinski definition) is 4. The second kappa shape index (κ2) is 6.76. The molecule has 3 aliphatic rings. The minimum atomic E-state index is -1.32. The summed E-state index contributed by atoms with van der Waals surface area (Å²) in [6.45, 7) is 0. The topological polar surface area (TPSA) is 78.5 Å². The first-order valence-electron chi connectivity index (χ1n) is 10.4. The average Bonchev–Trinajstić information content (AvgIpc) is 3.40. The van der Waals surface area contributed by atoms with Crippen LogP contribution in [0.4, 0.5) is 11.4 Å². The molecule has 0 radical (unpaired) electrons. The molecule has 0 saturated carbocycles. The third-order valence-corrected chi connectivity index (χ3v) is 7.01. The number of amides is 3. The Morgan fingerprint density at radius 1 is 0.812 bits per heavy atom. The number of nitrogens with zero attached hydrogens (tertiary/aromatic N) is 1. The summed E-state index contributed by atoms with van der Waals surface area (Å²) in [7, 11) is 0. The highest BCUT2D eigenvalue weighted by molar-refractivity contribution is 6.31. The predicted molar refractivity (Wildman–Crippen MR) is 120 cm³/mol. The molecule has 3 aromatic rings. The first kappa shape index (κ1) is 19.2. The number of benzene rings is 3. The fraction of sp³-hybridized carbons (Fsp3) is 0.160. The Kier molecular flexibility index (Phi) is 4.06. The lowest BCUT2D eigenvalue weighted by Gasteiger charge is -2.29. The summed E-state index contributed by atoms with van der Waals surface area (Å²) in [5.41, 5.74) is 1.33. The number of para-hydroxylation sites is 1. The van der Waals surface area contributed by atoms with E-state index < -0.39 is 23.4 Å². The van der Waals surface area contributed by atoms with Gasteiger partial charge < -0.3 is 5.32 Å². The Balaban J connectivity index is 1.55. The number of carbonyl (C=O) groups excluding carboxylic acids is 3. The van der Waals surface area contributed by atoms with Crippen LogP contribution < -0.4 is 15.5 Å². The van der Waals surface area contributed by atoms with Crippen LogP contribution >= 0.6 is 11.6 Å². The van der Waals surface area contributed by atoms with E-state index >= 15 is 0 Å². The predicted octanol–water partition coefficient (Wildman–Crippen LogP) is 3.64. The molecule has 2 N–H and O–H groups in total. The van der Waals surface area contributed by atoms with Gasteiger partial charge in [-0.25, -0.2) is 4.90 Å². The minimum Gasteiger partial charge on any atom is -0.324 e. The number of halogens is 1. The van der Waals surface area contributed by atoms with E-state index in [0.29, 0.717) is 22.0 Å². The Labute approximate surface area is 189 Å². The molecule has 1 spiro atoms. The van der Waals surface area contributed by atoms with E-state index in [1.165, 1.54) is 4.90 Å². The smallest absolute Gasteiger partial charge is 0.250 e. The summed E-state index contributed by atoms with van der Waals surface area (Å²) in [5.74, 6) is -2.62. The van der Waals surface area contributed by atoms with E-state index in [4.69, 9.17) is 11.6 Å². The van der Waals surface area contributed by atoms with E-state index in [2.05, 4.69) is 10.6 Å². The fourth-order valence-electron chi connectivity index (χ4n) is 5.43. The van der Waals surface area contributed by atoms with Crippen molar-refractivity contribution in [3.05, 3.63) is 95.0 Å². The van der Waals surface area contributed by atoms with E-state index in [1.807, 2.05) is 54.6 Å². The highest BCUT2D eigenvalue weighted by Crippen LogP contribution is 2.56. The molecule has 2 fully saturated rings. The number of carbonyl (C=O) groups is 3. The minimum absolute atomic E-state index is 0.314. The molecule has 3 aromatic carbocycles. The normalized spacial score (nSPS) is 28.2. The molecule has 3 heterocycles. The molecule has 158 valence electrons. The van der Waals surface area contributed by atoms with Crippen LogP contribution in [0.15, 0.2) is 78.9 Å².